The van der Waals surface area contributed by atoms with Crippen LogP contribution in [-0.2, 0) is 4.79 Å². The average Bonchev–Trinajstić information content (AvgIpc) is 2.66. The molecule has 0 aromatic heterocycles. The van der Waals surface area contributed by atoms with Gasteiger partial charge in [0.05, 0.1) is 6.54 Å². The van der Waals surface area contributed by atoms with E-state index in [1.807, 2.05) is 42.5 Å². The van der Waals surface area contributed by atoms with Crippen LogP contribution in [0.3, 0.4) is 0 Å². The van der Waals surface area contributed by atoms with Gasteiger partial charge in [0.2, 0.25) is 0 Å². The fourth-order valence-electron chi connectivity index (χ4n) is 2.52. The molecule has 0 aliphatic carbocycles. The second-order valence-electron chi connectivity index (χ2n) is 5.86. The molecule has 0 saturated carbocycles. The van der Waals surface area contributed by atoms with Crippen LogP contribution in [0.1, 0.15) is 6.92 Å². The lowest BCUT2D eigenvalue weighted by molar-refractivity contribution is -0.127. The van der Waals surface area contributed by atoms with E-state index in [-0.39, 0.29) is 5.91 Å². The maximum absolute atomic E-state index is 12.2. The zero-order chi connectivity index (χ0) is 18.4. The summed E-state index contributed by atoms with van der Waals surface area (Å²) >= 11 is 5.82. The van der Waals surface area contributed by atoms with Gasteiger partial charge in [0.25, 0.3) is 5.91 Å². The molecule has 4 nitrogen and oxygen atoms in total. The van der Waals surface area contributed by atoms with E-state index in [2.05, 4.69) is 5.32 Å². The van der Waals surface area contributed by atoms with Crippen LogP contribution < -0.4 is 14.8 Å². The van der Waals surface area contributed by atoms with Gasteiger partial charge in [-0.3, -0.25) is 4.79 Å². The summed E-state index contributed by atoms with van der Waals surface area (Å²) in [6, 6.07) is 20.9. The van der Waals surface area contributed by atoms with Crippen LogP contribution in [0, 0.1) is 0 Å². The van der Waals surface area contributed by atoms with Crippen LogP contribution in [0.25, 0.3) is 10.8 Å². The number of hydrogen-bond donors (Lipinski definition) is 1. The first-order chi connectivity index (χ1) is 12.6. The number of carbonyl (C=O) groups is 1. The van der Waals surface area contributed by atoms with Gasteiger partial charge in [0, 0.05) is 5.02 Å². The molecule has 0 unspecified atom stereocenters. The van der Waals surface area contributed by atoms with Crippen molar-refractivity contribution in [1.82, 2.24) is 5.32 Å². The van der Waals surface area contributed by atoms with Crippen molar-refractivity contribution in [3.05, 3.63) is 71.8 Å². The van der Waals surface area contributed by atoms with Crippen molar-refractivity contribution in [2.75, 3.05) is 13.2 Å². The zero-order valence-corrected chi connectivity index (χ0v) is 15.2. The van der Waals surface area contributed by atoms with E-state index < -0.39 is 6.10 Å². The molecule has 1 amide bonds. The molecule has 0 heterocycles. The van der Waals surface area contributed by atoms with Crippen LogP contribution >= 0.6 is 11.6 Å². The molecular weight excluding hydrogens is 350 g/mol. The molecule has 3 rings (SSSR count). The van der Waals surface area contributed by atoms with Gasteiger partial charge in [-0.1, -0.05) is 41.9 Å². The van der Waals surface area contributed by atoms with Crippen molar-refractivity contribution in [3.63, 3.8) is 0 Å². The average molecular weight is 370 g/mol. The van der Waals surface area contributed by atoms with Gasteiger partial charge in [-0.2, -0.15) is 0 Å². The maximum Gasteiger partial charge on any atom is 0.260 e. The van der Waals surface area contributed by atoms with E-state index >= 15 is 0 Å². The lowest BCUT2D eigenvalue weighted by atomic mass is 10.1. The zero-order valence-electron chi connectivity index (χ0n) is 14.4. The Morgan fingerprint density at radius 2 is 1.69 bits per heavy atom. The molecule has 0 aliphatic heterocycles. The van der Waals surface area contributed by atoms with E-state index in [9.17, 15) is 4.79 Å². The third-order valence-corrected chi connectivity index (χ3v) is 4.14. The first-order valence-corrected chi connectivity index (χ1v) is 8.81. The molecule has 134 valence electrons. The van der Waals surface area contributed by atoms with Gasteiger partial charge in [0.1, 0.15) is 18.1 Å². The normalized spacial score (nSPS) is 11.8. The maximum atomic E-state index is 12.2. The highest BCUT2D eigenvalue weighted by molar-refractivity contribution is 6.30. The molecule has 3 aromatic rings. The van der Waals surface area contributed by atoms with Crippen molar-refractivity contribution in [3.8, 4) is 11.5 Å². The summed E-state index contributed by atoms with van der Waals surface area (Å²) in [5, 5.41) is 5.68. The number of hydrogen-bond acceptors (Lipinski definition) is 3. The Morgan fingerprint density at radius 3 is 2.46 bits per heavy atom. The lowest BCUT2D eigenvalue weighted by Gasteiger charge is -2.15. The third kappa shape index (κ3) is 4.90. The first-order valence-electron chi connectivity index (χ1n) is 8.43. The largest absolute Gasteiger partial charge is 0.492 e. The second-order valence-corrected chi connectivity index (χ2v) is 6.30. The molecule has 0 bridgehead atoms. The third-order valence-electron chi connectivity index (χ3n) is 3.89. The van der Waals surface area contributed by atoms with Gasteiger partial charge >= 0.3 is 0 Å². The minimum Gasteiger partial charge on any atom is -0.492 e. The smallest absolute Gasteiger partial charge is 0.260 e. The van der Waals surface area contributed by atoms with E-state index in [1.165, 1.54) is 0 Å². The van der Waals surface area contributed by atoms with Gasteiger partial charge < -0.3 is 14.8 Å². The van der Waals surface area contributed by atoms with Crippen molar-refractivity contribution < 1.29 is 14.3 Å². The summed E-state index contributed by atoms with van der Waals surface area (Å²) in [7, 11) is 0. The Labute approximate surface area is 157 Å². The standard InChI is InChI=1S/C21H20ClNO3/c1-15(26-20-9-6-16-4-2-3-5-17(16)14-20)21(24)23-12-13-25-19-10-7-18(22)8-11-19/h2-11,14-15H,12-13H2,1H3,(H,23,24)/t15-/m0/s1. The molecule has 1 atom stereocenters. The van der Waals surface area contributed by atoms with Gasteiger partial charge in [-0.05, 0) is 54.1 Å². The number of benzene rings is 3. The molecule has 5 heteroatoms. The highest BCUT2D eigenvalue weighted by Gasteiger charge is 2.14. The molecule has 26 heavy (non-hydrogen) atoms. The summed E-state index contributed by atoms with van der Waals surface area (Å²) in [6.45, 7) is 2.49. The van der Waals surface area contributed by atoms with Crippen molar-refractivity contribution in [2.45, 2.75) is 13.0 Å². The Kier molecular flexibility index (Phi) is 5.97. The highest BCUT2D eigenvalue weighted by atomic mass is 35.5. The Hall–Kier alpha value is -2.72. The number of nitrogens with one attached hydrogen (secondary N) is 1. The summed E-state index contributed by atoms with van der Waals surface area (Å²) in [5.74, 6) is 1.20. The predicted molar refractivity (Wildman–Crippen MR) is 104 cm³/mol. The quantitative estimate of drug-likeness (QED) is 0.626. The number of carbonyl (C=O) groups excluding carboxylic acids is 1. The van der Waals surface area contributed by atoms with E-state index in [0.29, 0.717) is 29.7 Å². The number of halogens is 1. The molecule has 0 aliphatic rings. The van der Waals surface area contributed by atoms with E-state index in [0.717, 1.165) is 10.8 Å². The van der Waals surface area contributed by atoms with Crippen LogP contribution in [0.15, 0.2) is 66.7 Å². The minimum atomic E-state index is -0.591. The van der Waals surface area contributed by atoms with Crippen LogP contribution in [-0.4, -0.2) is 25.2 Å². The van der Waals surface area contributed by atoms with Crippen LogP contribution in [0.2, 0.25) is 5.02 Å². The topological polar surface area (TPSA) is 47.6 Å². The summed E-state index contributed by atoms with van der Waals surface area (Å²) in [4.78, 5) is 12.2. The summed E-state index contributed by atoms with van der Waals surface area (Å²) in [5.41, 5.74) is 0. The van der Waals surface area contributed by atoms with Gasteiger partial charge in [-0.25, -0.2) is 0 Å². The second kappa shape index (κ2) is 8.59. The van der Waals surface area contributed by atoms with E-state index in [1.54, 1.807) is 31.2 Å². The number of ether oxygens (including phenoxy) is 2. The Morgan fingerprint density at radius 1 is 1.00 bits per heavy atom. The summed E-state index contributed by atoms with van der Waals surface area (Å²) in [6.07, 6.45) is -0.591. The molecule has 0 fully saturated rings. The predicted octanol–water partition coefficient (Wildman–Crippen LogP) is 4.46. The van der Waals surface area contributed by atoms with Crippen molar-refractivity contribution in [1.29, 1.82) is 0 Å². The van der Waals surface area contributed by atoms with E-state index in [4.69, 9.17) is 21.1 Å². The number of fused-ring (bicyclic) bond motifs is 1. The van der Waals surface area contributed by atoms with Crippen molar-refractivity contribution in [2.24, 2.45) is 0 Å². The van der Waals surface area contributed by atoms with Gasteiger partial charge in [0.15, 0.2) is 6.10 Å². The Balaban J connectivity index is 1.45. The van der Waals surface area contributed by atoms with Crippen LogP contribution in [0.5, 0.6) is 11.5 Å². The van der Waals surface area contributed by atoms with Crippen molar-refractivity contribution >= 4 is 28.3 Å². The lowest BCUT2D eigenvalue weighted by Crippen LogP contribution is -2.38. The SMILES string of the molecule is C[C@H](Oc1ccc2ccccc2c1)C(=O)NCCOc1ccc(Cl)cc1. The molecule has 0 spiro atoms. The molecule has 0 radical (unpaired) electrons. The number of amides is 1. The molecule has 1 N–H and O–H groups in total. The minimum absolute atomic E-state index is 0.183. The summed E-state index contributed by atoms with van der Waals surface area (Å²) < 4.78 is 11.3. The molecular formula is C21H20ClNO3. The highest BCUT2D eigenvalue weighted by Crippen LogP contribution is 2.21. The fraction of sp³-hybridized carbons (Fsp3) is 0.190. The van der Waals surface area contributed by atoms with Gasteiger partial charge in [-0.15, -0.1) is 0 Å². The Bertz CT molecular complexity index is 880. The monoisotopic (exact) mass is 369 g/mol. The fourth-order valence-corrected chi connectivity index (χ4v) is 2.64. The van der Waals surface area contributed by atoms with Crippen LogP contribution in [0.4, 0.5) is 0 Å². The number of rotatable bonds is 7. The molecule has 0 saturated heterocycles. The molecule has 3 aromatic carbocycles. The first kappa shape index (κ1) is 18.1.